The monoisotopic (exact) mass is 589 g/mol. The van der Waals surface area contributed by atoms with Crippen LogP contribution < -0.4 is 20.5 Å². The number of methoxy groups -OCH3 is 1. The predicted molar refractivity (Wildman–Crippen MR) is 162 cm³/mol. The number of halogens is 1. The van der Waals surface area contributed by atoms with Gasteiger partial charge >= 0.3 is 5.69 Å². The number of imidazole rings is 1. The summed E-state index contributed by atoms with van der Waals surface area (Å²) in [5.41, 5.74) is 3.16. The summed E-state index contributed by atoms with van der Waals surface area (Å²) in [6, 6.07) is 11.2. The van der Waals surface area contributed by atoms with E-state index >= 15 is 0 Å². The molecule has 0 saturated heterocycles. The third-order valence-electron chi connectivity index (χ3n) is 8.61. The van der Waals surface area contributed by atoms with E-state index in [-0.39, 0.29) is 23.7 Å². The van der Waals surface area contributed by atoms with Gasteiger partial charge in [0.1, 0.15) is 0 Å². The van der Waals surface area contributed by atoms with Crippen molar-refractivity contribution in [1.29, 1.82) is 0 Å². The molecule has 0 atom stereocenters. The van der Waals surface area contributed by atoms with E-state index in [1.807, 2.05) is 34.9 Å². The number of benzene rings is 1. The summed E-state index contributed by atoms with van der Waals surface area (Å²) in [5, 5.41) is 3.60. The van der Waals surface area contributed by atoms with Crippen LogP contribution in [0.15, 0.2) is 53.6 Å². The zero-order valence-electron chi connectivity index (χ0n) is 24.0. The molecule has 1 aromatic carbocycles. The van der Waals surface area contributed by atoms with Crippen molar-refractivity contribution in [3.8, 4) is 17.2 Å². The van der Waals surface area contributed by atoms with E-state index < -0.39 is 0 Å². The van der Waals surface area contributed by atoms with Gasteiger partial charge in [0.25, 0.3) is 5.91 Å². The van der Waals surface area contributed by atoms with E-state index in [1.54, 1.807) is 37.1 Å². The second kappa shape index (κ2) is 12.2. The molecule has 2 aliphatic rings. The Morgan fingerprint density at radius 1 is 1.05 bits per heavy atom. The highest BCUT2D eigenvalue weighted by Crippen LogP contribution is 2.34. The van der Waals surface area contributed by atoms with Gasteiger partial charge in [0.05, 0.1) is 40.7 Å². The van der Waals surface area contributed by atoms with Gasteiger partial charge < -0.3 is 14.8 Å². The van der Waals surface area contributed by atoms with Crippen molar-refractivity contribution in [1.82, 2.24) is 24.4 Å². The van der Waals surface area contributed by atoms with Crippen molar-refractivity contribution in [2.45, 2.75) is 77.0 Å². The van der Waals surface area contributed by atoms with Crippen molar-refractivity contribution in [2.24, 2.45) is 5.92 Å². The second-order valence-electron chi connectivity index (χ2n) is 11.4. The fourth-order valence-electron chi connectivity index (χ4n) is 6.33. The molecule has 1 amide bonds. The quantitative estimate of drug-likeness (QED) is 0.276. The van der Waals surface area contributed by atoms with Crippen molar-refractivity contribution < 1.29 is 14.3 Å². The zero-order valence-corrected chi connectivity index (χ0v) is 24.8. The minimum atomic E-state index is -0.146. The van der Waals surface area contributed by atoms with Crippen LogP contribution in [0.25, 0.3) is 16.9 Å². The zero-order chi connectivity index (χ0) is 29.2. The van der Waals surface area contributed by atoms with Crippen LogP contribution in [-0.2, 0) is 6.54 Å². The summed E-state index contributed by atoms with van der Waals surface area (Å²) in [5.74, 6) is 1.46. The Labute approximate surface area is 249 Å². The van der Waals surface area contributed by atoms with E-state index in [9.17, 15) is 9.59 Å². The Kier molecular flexibility index (Phi) is 8.20. The van der Waals surface area contributed by atoms with Gasteiger partial charge in [-0.05, 0) is 94.5 Å². The molecule has 0 spiro atoms. The van der Waals surface area contributed by atoms with Gasteiger partial charge in [-0.1, -0.05) is 11.6 Å². The summed E-state index contributed by atoms with van der Waals surface area (Å²) in [6.45, 7) is 2.40. The lowest BCUT2D eigenvalue weighted by Crippen LogP contribution is -2.39. The SMILES string of the molecule is COc1ccc(-n2c(=O)n(CC3CCC(NC(=O)c4cc(Cl)cnc4C)CC3)c3cccnc32)cc1OC1CCCC1. The Balaban J connectivity index is 1.20. The smallest absolute Gasteiger partial charge is 0.334 e. The number of aryl methyl sites for hydroxylation is 1. The number of ether oxygens (including phenoxy) is 2. The molecule has 2 aliphatic carbocycles. The van der Waals surface area contributed by atoms with E-state index in [4.69, 9.17) is 21.1 Å². The number of carbonyl (C=O) groups is 1. The number of amides is 1. The number of nitrogens with zero attached hydrogens (tertiary/aromatic N) is 4. The molecule has 9 nitrogen and oxygen atoms in total. The van der Waals surface area contributed by atoms with Crippen LogP contribution >= 0.6 is 11.6 Å². The summed E-state index contributed by atoms with van der Waals surface area (Å²) >= 11 is 6.06. The van der Waals surface area contributed by atoms with Gasteiger partial charge in [0.2, 0.25) is 0 Å². The average molecular weight is 590 g/mol. The highest BCUT2D eigenvalue weighted by Gasteiger charge is 2.26. The van der Waals surface area contributed by atoms with Crippen LogP contribution in [0.1, 0.15) is 67.4 Å². The molecule has 42 heavy (non-hydrogen) atoms. The van der Waals surface area contributed by atoms with E-state index in [2.05, 4.69) is 15.3 Å². The Hall–Kier alpha value is -3.85. The first-order valence-corrected chi connectivity index (χ1v) is 15.1. The number of fused-ring (bicyclic) bond motifs is 1. The molecule has 0 radical (unpaired) electrons. The van der Waals surface area contributed by atoms with Crippen LogP contribution in [0.3, 0.4) is 0 Å². The maximum absolute atomic E-state index is 13.9. The lowest BCUT2D eigenvalue weighted by atomic mass is 9.85. The highest BCUT2D eigenvalue weighted by molar-refractivity contribution is 6.30. The van der Waals surface area contributed by atoms with Gasteiger partial charge in [-0.25, -0.2) is 14.3 Å². The van der Waals surface area contributed by atoms with Gasteiger partial charge in [0.15, 0.2) is 17.1 Å². The third kappa shape index (κ3) is 5.75. The fraction of sp³-hybridized carbons (Fsp3) is 0.438. The van der Waals surface area contributed by atoms with Crippen molar-refractivity contribution in [3.05, 3.63) is 75.6 Å². The normalized spacial score (nSPS) is 19.2. The van der Waals surface area contributed by atoms with Crippen LogP contribution in [0, 0.1) is 12.8 Å². The van der Waals surface area contributed by atoms with Crippen molar-refractivity contribution >= 4 is 28.7 Å². The lowest BCUT2D eigenvalue weighted by molar-refractivity contribution is 0.0919. The van der Waals surface area contributed by atoms with Crippen molar-refractivity contribution in [3.63, 3.8) is 0 Å². The molecule has 4 aromatic rings. The molecule has 3 aromatic heterocycles. The summed E-state index contributed by atoms with van der Waals surface area (Å²) in [6.07, 6.45) is 11.3. The maximum Gasteiger partial charge on any atom is 0.334 e. The van der Waals surface area contributed by atoms with E-state index in [1.165, 1.54) is 0 Å². The Morgan fingerprint density at radius 3 is 2.60 bits per heavy atom. The van der Waals surface area contributed by atoms with E-state index in [0.717, 1.165) is 56.9 Å². The van der Waals surface area contributed by atoms with Gasteiger partial charge in [-0.2, -0.15) is 0 Å². The molecule has 2 saturated carbocycles. The number of pyridine rings is 2. The first kappa shape index (κ1) is 28.3. The molecule has 1 N–H and O–H groups in total. The number of nitrogens with one attached hydrogen (secondary N) is 1. The van der Waals surface area contributed by atoms with Gasteiger partial charge in [-0.15, -0.1) is 0 Å². The number of rotatable bonds is 8. The number of hydrogen-bond donors (Lipinski definition) is 1. The van der Waals surface area contributed by atoms with Gasteiger partial charge in [-0.3, -0.25) is 14.3 Å². The third-order valence-corrected chi connectivity index (χ3v) is 8.82. The second-order valence-corrected chi connectivity index (χ2v) is 11.8. The highest BCUT2D eigenvalue weighted by atomic mass is 35.5. The molecule has 0 aliphatic heterocycles. The molecule has 6 rings (SSSR count). The molecule has 0 bridgehead atoms. The van der Waals surface area contributed by atoms with Crippen LogP contribution in [0.2, 0.25) is 5.02 Å². The topological polar surface area (TPSA) is 100 Å². The molecule has 0 unspecified atom stereocenters. The van der Waals surface area contributed by atoms with Gasteiger partial charge in [0, 0.05) is 31.0 Å². The Bertz CT molecular complexity index is 1650. The first-order valence-electron chi connectivity index (χ1n) is 14.8. The van der Waals surface area contributed by atoms with Crippen LogP contribution in [-0.4, -0.2) is 44.3 Å². The van der Waals surface area contributed by atoms with E-state index in [0.29, 0.717) is 51.6 Å². The number of hydrogen-bond acceptors (Lipinski definition) is 6. The molecule has 10 heteroatoms. The maximum atomic E-state index is 13.9. The van der Waals surface area contributed by atoms with Crippen LogP contribution in [0.5, 0.6) is 11.5 Å². The summed E-state index contributed by atoms with van der Waals surface area (Å²) in [7, 11) is 1.63. The molecule has 2 fully saturated rings. The van der Waals surface area contributed by atoms with Crippen molar-refractivity contribution in [2.75, 3.05) is 7.11 Å². The number of aromatic nitrogens is 4. The number of carbonyl (C=O) groups excluding carboxylic acids is 1. The predicted octanol–water partition coefficient (Wildman–Crippen LogP) is 5.86. The Morgan fingerprint density at radius 2 is 1.83 bits per heavy atom. The van der Waals surface area contributed by atoms with Crippen LogP contribution in [0.4, 0.5) is 0 Å². The molecular weight excluding hydrogens is 554 g/mol. The average Bonchev–Trinajstić information content (AvgIpc) is 3.61. The molecule has 3 heterocycles. The minimum absolute atomic E-state index is 0.0736. The largest absolute Gasteiger partial charge is 0.493 e. The summed E-state index contributed by atoms with van der Waals surface area (Å²) in [4.78, 5) is 35.6. The molecule has 220 valence electrons. The first-order chi connectivity index (χ1) is 20.4. The summed E-state index contributed by atoms with van der Waals surface area (Å²) < 4.78 is 15.4. The lowest BCUT2D eigenvalue weighted by Gasteiger charge is -2.29. The molecular formula is C32H36ClN5O4. The standard InChI is InChI=1S/C32H36ClN5O4/c1-20-26(16-22(33)18-35-20)31(39)36-23-11-9-21(10-12-23)19-37-27-8-5-15-34-30(27)38(32(37)40)24-13-14-28(41-2)29(17-24)42-25-6-3-4-7-25/h5,8,13-18,21,23,25H,3-4,6-7,9-12,19H2,1-2H3,(H,36,39). The minimum Gasteiger partial charge on any atom is -0.493 e. The fourth-order valence-corrected chi connectivity index (χ4v) is 6.48.